The summed E-state index contributed by atoms with van der Waals surface area (Å²) in [5.41, 5.74) is 2.73. The van der Waals surface area contributed by atoms with E-state index >= 15 is 0 Å². The number of diazo groups is 1. The number of rotatable bonds is 1. The minimum atomic E-state index is -0.358. The number of allylic oxidation sites excluding steroid dienone is 2. The minimum Gasteiger partial charge on any atom is -0.289 e. The molecule has 0 spiro atoms. The molecule has 2 rings (SSSR count). The van der Waals surface area contributed by atoms with Crippen LogP contribution in [0.3, 0.4) is 0 Å². The topological polar surface area (TPSA) is 74.3 Å². The summed E-state index contributed by atoms with van der Waals surface area (Å²) in [5.74, 6) is -0.639. The molecular weight excluding hydrogens is 194 g/mol. The monoisotopic (exact) mass is 200 g/mol. The molecule has 0 saturated heterocycles. The molecule has 1 aromatic rings. The quantitative estimate of drug-likeness (QED) is 0.547. The molecule has 15 heavy (non-hydrogen) atoms. The highest BCUT2D eigenvalue weighted by molar-refractivity contribution is 6.24. The smallest absolute Gasteiger partial charge is 0.289 e. The summed E-state index contributed by atoms with van der Waals surface area (Å²) in [6, 6.07) is 6.50. The summed E-state index contributed by atoms with van der Waals surface area (Å²) in [6.07, 6.45) is 1.12. The van der Waals surface area contributed by atoms with Gasteiger partial charge in [0.15, 0.2) is 11.5 Å². The number of benzene rings is 1. The zero-order chi connectivity index (χ0) is 10.8. The number of carbonyl (C=O) groups excluding carboxylic acids is 2. The van der Waals surface area contributed by atoms with Gasteiger partial charge in [-0.1, -0.05) is 24.3 Å². The van der Waals surface area contributed by atoms with Crippen molar-refractivity contribution in [2.75, 3.05) is 0 Å². The Morgan fingerprint density at radius 2 is 1.80 bits per heavy atom. The van der Waals surface area contributed by atoms with E-state index in [0.717, 1.165) is 6.08 Å². The van der Waals surface area contributed by atoms with Crippen molar-refractivity contribution in [1.29, 1.82) is 5.39 Å². The van der Waals surface area contributed by atoms with Crippen LogP contribution in [0, 0.1) is 5.39 Å². The van der Waals surface area contributed by atoms with Gasteiger partial charge in [-0.05, 0) is 5.43 Å². The normalized spacial score (nSPS) is 13.9. The molecule has 0 radical (unpaired) electrons. The highest BCUT2D eigenvalue weighted by atomic mass is 16.1. The molecular formula is C10H6N3O2+. The van der Waals surface area contributed by atoms with E-state index in [1.165, 1.54) is 0 Å². The molecule has 5 nitrogen and oxygen atoms in total. The maximum atomic E-state index is 11.7. The summed E-state index contributed by atoms with van der Waals surface area (Å²) >= 11 is 0. The first kappa shape index (κ1) is 9.09. The van der Waals surface area contributed by atoms with Crippen molar-refractivity contribution < 1.29 is 9.59 Å². The van der Waals surface area contributed by atoms with Gasteiger partial charge in [0.05, 0.1) is 0 Å². The molecule has 1 aliphatic rings. The zero-order valence-electron chi connectivity index (χ0n) is 7.60. The molecule has 0 aromatic heterocycles. The zero-order valence-corrected chi connectivity index (χ0v) is 7.60. The second-order valence-corrected chi connectivity index (χ2v) is 3.01. The van der Waals surface area contributed by atoms with Crippen molar-refractivity contribution in [3.05, 3.63) is 52.3 Å². The van der Waals surface area contributed by atoms with Crippen LogP contribution in [0.5, 0.6) is 0 Å². The lowest BCUT2D eigenvalue weighted by atomic mass is 9.93. The third kappa shape index (κ3) is 1.38. The molecule has 0 unspecified atom stereocenters. The van der Waals surface area contributed by atoms with Crippen molar-refractivity contribution in [1.82, 2.24) is 5.43 Å². The van der Waals surface area contributed by atoms with Gasteiger partial charge < -0.3 is 0 Å². The molecule has 1 N–H and O–H groups in total. The Morgan fingerprint density at radius 1 is 1.13 bits per heavy atom. The second kappa shape index (κ2) is 3.35. The van der Waals surface area contributed by atoms with E-state index < -0.39 is 0 Å². The molecule has 0 fully saturated rings. The van der Waals surface area contributed by atoms with E-state index in [-0.39, 0.29) is 17.3 Å². The van der Waals surface area contributed by atoms with E-state index in [9.17, 15) is 9.59 Å². The third-order valence-corrected chi connectivity index (χ3v) is 2.13. The molecule has 0 bridgehead atoms. The molecule has 1 aromatic carbocycles. The number of ketones is 2. The van der Waals surface area contributed by atoms with Crippen molar-refractivity contribution in [2.24, 2.45) is 0 Å². The van der Waals surface area contributed by atoms with Gasteiger partial charge in [-0.25, -0.2) is 0 Å². The van der Waals surface area contributed by atoms with Crippen LogP contribution in [0.25, 0.3) is 5.08 Å². The lowest BCUT2D eigenvalue weighted by Crippen LogP contribution is -2.22. The second-order valence-electron chi connectivity index (χ2n) is 3.01. The summed E-state index contributed by atoms with van der Waals surface area (Å²) in [6.45, 7) is 0. The fourth-order valence-electron chi connectivity index (χ4n) is 1.45. The summed E-state index contributed by atoms with van der Waals surface area (Å²) in [5, 5.41) is 10.9. The first-order valence-electron chi connectivity index (χ1n) is 4.24. The Morgan fingerprint density at radius 3 is 2.47 bits per heavy atom. The lowest BCUT2D eigenvalue weighted by molar-refractivity contribution is 0.0980. The number of carbonyl (C=O) groups is 2. The highest BCUT2D eigenvalue weighted by Gasteiger charge is 2.27. The van der Waals surface area contributed by atoms with Crippen molar-refractivity contribution in [3.63, 3.8) is 0 Å². The average Bonchev–Trinajstić information content (AvgIpc) is 2.26. The molecule has 1 aliphatic carbocycles. The molecule has 0 atom stereocenters. The number of hydrogen-bond donors (Lipinski definition) is 1. The van der Waals surface area contributed by atoms with E-state index in [4.69, 9.17) is 5.39 Å². The Labute approximate surface area is 85.0 Å². The molecule has 0 aliphatic heterocycles. The van der Waals surface area contributed by atoms with Crippen molar-refractivity contribution in [3.8, 4) is 0 Å². The van der Waals surface area contributed by atoms with Gasteiger partial charge in [0.25, 0.3) is 5.39 Å². The van der Waals surface area contributed by atoms with E-state index in [1.807, 2.05) is 0 Å². The number of nitrogens with one attached hydrogen (secondary N) is 1. The molecule has 0 heterocycles. The van der Waals surface area contributed by atoms with Crippen LogP contribution in [-0.2, 0) is 0 Å². The Bertz CT molecular complexity index is 526. The van der Waals surface area contributed by atoms with Crippen LogP contribution in [-0.4, -0.2) is 11.6 Å². The fourth-order valence-corrected chi connectivity index (χ4v) is 1.45. The molecule has 72 valence electrons. The highest BCUT2D eigenvalue weighted by Crippen LogP contribution is 2.19. The van der Waals surface area contributed by atoms with E-state index in [1.54, 1.807) is 24.3 Å². The van der Waals surface area contributed by atoms with Crippen LogP contribution >= 0.6 is 0 Å². The SMILES string of the molecule is N#[N+]NC1=CC(=O)c2ccccc2C1=O. The average molecular weight is 200 g/mol. The van der Waals surface area contributed by atoms with Gasteiger partial charge in [-0.3, -0.25) is 9.59 Å². The predicted octanol–water partition coefficient (Wildman–Crippen LogP) is 1.31. The van der Waals surface area contributed by atoms with Crippen LogP contribution in [0.4, 0.5) is 0 Å². The first-order chi connectivity index (χ1) is 7.24. The Kier molecular flexibility index (Phi) is 2.03. The van der Waals surface area contributed by atoms with Gasteiger partial charge in [0.1, 0.15) is 0 Å². The Balaban J connectivity index is 2.55. The standard InChI is InChI=1S/C10H5N3O2/c11-13-12-8-5-9(14)6-3-1-2-4-7(6)10(8)15/h1-5H/p+1. The number of nitrogens with zero attached hydrogens (tertiary/aromatic N) is 2. The number of fused-ring (bicyclic) bond motifs is 1. The van der Waals surface area contributed by atoms with Crippen LogP contribution in [0.1, 0.15) is 20.7 Å². The summed E-state index contributed by atoms with van der Waals surface area (Å²) in [4.78, 5) is 23.2. The molecule has 0 amide bonds. The summed E-state index contributed by atoms with van der Waals surface area (Å²) in [7, 11) is 0. The molecule has 0 saturated carbocycles. The maximum Gasteiger partial charge on any atom is 0.308 e. The number of Topliss-reactive ketones (excluding diaryl/α,β-unsaturated/α-hetero) is 1. The van der Waals surface area contributed by atoms with Gasteiger partial charge >= 0.3 is 5.08 Å². The van der Waals surface area contributed by atoms with Crippen molar-refractivity contribution in [2.45, 2.75) is 0 Å². The predicted molar refractivity (Wildman–Crippen MR) is 51.4 cm³/mol. The number of hydrogen-bond acceptors (Lipinski definition) is 4. The largest absolute Gasteiger partial charge is 0.308 e. The van der Waals surface area contributed by atoms with Gasteiger partial charge in [0.2, 0.25) is 5.78 Å². The van der Waals surface area contributed by atoms with Crippen LogP contribution in [0.2, 0.25) is 0 Å². The molecule has 5 heteroatoms. The van der Waals surface area contributed by atoms with E-state index in [2.05, 4.69) is 10.5 Å². The van der Waals surface area contributed by atoms with Crippen LogP contribution < -0.4 is 5.43 Å². The van der Waals surface area contributed by atoms with Gasteiger partial charge in [0, 0.05) is 17.2 Å². The summed E-state index contributed by atoms with van der Waals surface area (Å²) < 4.78 is 0. The fraction of sp³-hybridized carbons (Fsp3) is 0. The first-order valence-corrected chi connectivity index (χ1v) is 4.24. The van der Waals surface area contributed by atoms with Gasteiger partial charge in [-0.2, -0.15) is 0 Å². The van der Waals surface area contributed by atoms with Gasteiger partial charge in [-0.15, -0.1) is 0 Å². The maximum absolute atomic E-state index is 11.7. The van der Waals surface area contributed by atoms with Crippen molar-refractivity contribution >= 4 is 11.6 Å². The third-order valence-electron chi connectivity index (χ3n) is 2.13. The Hall–Kier alpha value is -2.48. The van der Waals surface area contributed by atoms with Crippen LogP contribution in [0.15, 0.2) is 36.0 Å². The minimum absolute atomic E-state index is 0.0267. The van der Waals surface area contributed by atoms with E-state index in [0.29, 0.717) is 11.1 Å². The lowest BCUT2D eigenvalue weighted by Gasteiger charge is -2.09.